The Morgan fingerprint density at radius 3 is 2.35 bits per heavy atom. The third-order valence-corrected chi connectivity index (χ3v) is 2.98. The number of rotatable bonds is 3. The minimum Gasteiger partial charge on any atom is -0.456 e. The first kappa shape index (κ1) is 17.0. The molecule has 122 valence electrons. The van der Waals surface area contributed by atoms with Gasteiger partial charge in [-0.15, -0.1) is 0 Å². The number of nitrogen functional groups attached to an aromatic ring is 1. The van der Waals surface area contributed by atoms with Crippen LogP contribution in [0.15, 0.2) is 42.5 Å². The third kappa shape index (κ3) is 5.38. The van der Waals surface area contributed by atoms with Crippen LogP contribution in [0, 0.1) is 0 Å². The van der Waals surface area contributed by atoms with Crippen LogP contribution in [0.1, 0.15) is 20.8 Å². The normalized spacial score (nSPS) is 11.0. The quantitative estimate of drug-likeness (QED) is 0.769. The van der Waals surface area contributed by atoms with Crippen molar-refractivity contribution in [3.8, 4) is 11.5 Å². The van der Waals surface area contributed by atoms with E-state index >= 15 is 0 Å². The first-order chi connectivity index (χ1) is 10.7. The first-order valence-corrected chi connectivity index (χ1v) is 7.44. The smallest absolute Gasteiger partial charge is 0.412 e. The summed E-state index contributed by atoms with van der Waals surface area (Å²) in [5.41, 5.74) is 6.27. The molecular formula is C17H19ClN2O3. The molecule has 0 spiro atoms. The minimum absolute atomic E-state index is 0.431. The van der Waals surface area contributed by atoms with Crippen LogP contribution in [0.25, 0.3) is 0 Å². The number of nitrogens with two attached hydrogens (primary N) is 1. The Morgan fingerprint density at radius 2 is 1.78 bits per heavy atom. The van der Waals surface area contributed by atoms with E-state index in [1.165, 1.54) is 0 Å². The predicted octanol–water partition coefficient (Wildman–Crippen LogP) is 5.06. The summed E-state index contributed by atoms with van der Waals surface area (Å²) in [6, 6.07) is 11.9. The minimum atomic E-state index is -0.543. The van der Waals surface area contributed by atoms with Gasteiger partial charge in [-0.1, -0.05) is 11.6 Å². The second-order valence-electron chi connectivity index (χ2n) is 5.94. The Balaban J connectivity index is 2.01. The lowest BCUT2D eigenvalue weighted by molar-refractivity contribution is 0.0636. The van der Waals surface area contributed by atoms with E-state index in [1.807, 2.05) is 0 Å². The van der Waals surface area contributed by atoms with Gasteiger partial charge in [0.25, 0.3) is 0 Å². The number of ether oxygens (including phenoxy) is 2. The van der Waals surface area contributed by atoms with Crippen molar-refractivity contribution in [2.24, 2.45) is 0 Å². The fourth-order valence-corrected chi connectivity index (χ4v) is 1.98. The Labute approximate surface area is 140 Å². The average molecular weight is 335 g/mol. The number of hydrogen-bond acceptors (Lipinski definition) is 4. The van der Waals surface area contributed by atoms with Crippen LogP contribution in [-0.2, 0) is 4.74 Å². The highest BCUT2D eigenvalue weighted by molar-refractivity contribution is 6.32. The summed E-state index contributed by atoms with van der Waals surface area (Å²) in [4.78, 5) is 11.7. The van der Waals surface area contributed by atoms with Crippen LogP contribution in [0.4, 0.5) is 16.2 Å². The fourth-order valence-electron chi connectivity index (χ4n) is 1.75. The summed E-state index contributed by atoms with van der Waals surface area (Å²) < 4.78 is 10.9. The summed E-state index contributed by atoms with van der Waals surface area (Å²) in [6.45, 7) is 5.42. The summed E-state index contributed by atoms with van der Waals surface area (Å²) in [5.74, 6) is 1.10. The Kier molecular flexibility index (Phi) is 5.01. The fraction of sp³-hybridized carbons (Fsp3) is 0.235. The molecule has 0 saturated heterocycles. The molecule has 2 rings (SSSR count). The van der Waals surface area contributed by atoms with Gasteiger partial charge in [0.05, 0.1) is 5.02 Å². The Hall–Kier alpha value is -2.40. The maximum Gasteiger partial charge on any atom is 0.412 e. The van der Waals surface area contributed by atoms with Gasteiger partial charge in [-0.2, -0.15) is 0 Å². The van der Waals surface area contributed by atoms with E-state index in [0.717, 1.165) is 0 Å². The van der Waals surface area contributed by atoms with Crippen LogP contribution >= 0.6 is 11.6 Å². The molecule has 6 heteroatoms. The van der Waals surface area contributed by atoms with Gasteiger partial charge in [-0.3, -0.25) is 5.32 Å². The zero-order valence-corrected chi connectivity index (χ0v) is 14.0. The van der Waals surface area contributed by atoms with Gasteiger partial charge in [0.15, 0.2) is 0 Å². The third-order valence-electron chi connectivity index (χ3n) is 2.68. The van der Waals surface area contributed by atoms with Crippen LogP contribution in [-0.4, -0.2) is 11.7 Å². The summed E-state index contributed by atoms with van der Waals surface area (Å²) in [7, 11) is 0. The van der Waals surface area contributed by atoms with Crippen LogP contribution in [0.3, 0.4) is 0 Å². The molecule has 2 aromatic rings. The number of nitrogens with one attached hydrogen (secondary N) is 1. The van der Waals surface area contributed by atoms with E-state index in [1.54, 1.807) is 63.2 Å². The van der Waals surface area contributed by atoms with Gasteiger partial charge in [-0.25, -0.2) is 4.79 Å². The van der Waals surface area contributed by atoms with Crippen molar-refractivity contribution in [1.82, 2.24) is 0 Å². The zero-order chi connectivity index (χ0) is 17.0. The molecule has 0 unspecified atom stereocenters. The van der Waals surface area contributed by atoms with E-state index in [2.05, 4.69) is 5.32 Å². The van der Waals surface area contributed by atoms with Crippen molar-refractivity contribution >= 4 is 29.1 Å². The number of halogens is 1. The van der Waals surface area contributed by atoms with Crippen molar-refractivity contribution in [2.75, 3.05) is 11.1 Å². The number of hydrogen-bond donors (Lipinski definition) is 2. The second kappa shape index (κ2) is 6.79. The molecule has 0 bridgehead atoms. The Morgan fingerprint density at radius 1 is 1.13 bits per heavy atom. The highest BCUT2D eigenvalue weighted by Crippen LogP contribution is 2.31. The molecule has 23 heavy (non-hydrogen) atoms. The van der Waals surface area contributed by atoms with Gasteiger partial charge in [0.1, 0.15) is 17.1 Å². The van der Waals surface area contributed by atoms with Crippen molar-refractivity contribution in [2.45, 2.75) is 26.4 Å². The lowest BCUT2D eigenvalue weighted by atomic mass is 10.2. The van der Waals surface area contributed by atoms with Gasteiger partial charge in [0.2, 0.25) is 0 Å². The summed E-state index contributed by atoms with van der Waals surface area (Å²) >= 11 is 6.06. The average Bonchev–Trinajstić information content (AvgIpc) is 2.42. The second-order valence-corrected chi connectivity index (χ2v) is 6.35. The summed E-state index contributed by atoms with van der Waals surface area (Å²) in [5, 5.41) is 3.08. The number of amides is 1. The van der Waals surface area contributed by atoms with E-state index in [-0.39, 0.29) is 0 Å². The maximum atomic E-state index is 11.7. The number of carbonyl (C=O) groups excluding carboxylic acids is 1. The molecule has 0 aliphatic carbocycles. The van der Waals surface area contributed by atoms with Crippen molar-refractivity contribution in [3.63, 3.8) is 0 Å². The van der Waals surface area contributed by atoms with Crippen molar-refractivity contribution in [3.05, 3.63) is 47.5 Å². The molecule has 0 aromatic heterocycles. The molecule has 0 radical (unpaired) electrons. The molecule has 5 nitrogen and oxygen atoms in total. The van der Waals surface area contributed by atoms with Gasteiger partial charge in [-0.05, 0) is 63.2 Å². The molecule has 0 atom stereocenters. The Bertz CT molecular complexity index is 694. The van der Waals surface area contributed by atoms with E-state index in [4.69, 9.17) is 26.8 Å². The SMILES string of the molecule is CC(C)(C)OC(=O)Nc1ccc(Oc2ccc(N)cc2Cl)cc1. The monoisotopic (exact) mass is 334 g/mol. The first-order valence-electron chi connectivity index (χ1n) is 7.06. The predicted molar refractivity (Wildman–Crippen MR) is 92.2 cm³/mol. The van der Waals surface area contributed by atoms with Gasteiger partial charge in [0, 0.05) is 11.4 Å². The van der Waals surface area contributed by atoms with E-state index in [0.29, 0.717) is 27.9 Å². The van der Waals surface area contributed by atoms with Crippen LogP contribution in [0.2, 0.25) is 5.02 Å². The van der Waals surface area contributed by atoms with Crippen molar-refractivity contribution < 1.29 is 14.3 Å². The number of benzene rings is 2. The highest BCUT2D eigenvalue weighted by Gasteiger charge is 2.16. The molecule has 0 fully saturated rings. The maximum absolute atomic E-state index is 11.7. The zero-order valence-electron chi connectivity index (χ0n) is 13.2. The standard InChI is InChI=1S/C17H19ClN2O3/c1-17(2,3)23-16(21)20-12-5-7-13(8-6-12)22-15-9-4-11(19)10-14(15)18/h4-10H,19H2,1-3H3,(H,20,21). The van der Waals surface area contributed by atoms with E-state index < -0.39 is 11.7 Å². The van der Waals surface area contributed by atoms with Crippen LogP contribution < -0.4 is 15.8 Å². The lowest BCUT2D eigenvalue weighted by Gasteiger charge is -2.19. The van der Waals surface area contributed by atoms with Gasteiger partial charge < -0.3 is 15.2 Å². The number of carbonyl (C=O) groups is 1. The molecule has 2 aromatic carbocycles. The molecular weight excluding hydrogens is 316 g/mol. The topological polar surface area (TPSA) is 73.6 Å². The largest absolute Gasteiger partial charge is 0.456 e. The lowest BCUT2D eigenvalue weighted by Crippen LogP contribution is -2.27. The van der Waals surface area contributed by atoms with Crippen molar-refractivity contribution in [1.29, 1.82) is 0 Å². The molecule has 0 heterocycles. The molecule has 3 N–H and O–H groups in total. The highest BCUT2D eigenvalue weighted by atomic mass is 35.5. The molecule has 0 aliphatic heterocycles. The summed E-state index contributed by atoms with van der Waals surface area (Å²) in [6.07, 6.45) is -0.507. The molecule has 1 amide bonds. The van der Waals surface area contributed by atoms with Crippen LogP contribution in [0.5, 0.6) is 11.5 Å². The van der Waals surface area contributed by atoms with E-state index in [9.17, 15) is 4.79 Å². The molecule has 0 saturated carbocycles. The number of anilines is 2. The van der Waals surface area contributed by atoms with Gasteiger partial charge >= 0.3 is 6.09 Å². The molecule has 0 aliphatic rings.